The third-order valence-corrected chi connectivity index (χ3v) is 6.07. The van der Waals surface area contributed by atoms with Gasteiger partial charge in [-0.2, -0.15) is 4.98 Å². The number of morpholine rings is 1. The summed E-state index contributed by atoms with van der Waals surface area (Å²) in [6.07, 6.45) is 3.84. The molecule has 1 saturated carbocycles. The van der Waals surface area contributed by atoms with Gasteiger partial charge in [-0.15, -0.1) is 5.10 Å². The maximum atomic E-state index is 13.5. The molecule has 7 nitrogen and oxygen atoms in total. The van der Waals surface area contributed by atoms with Crippen molar-refractivity contribution in [1.29, 1.82) is 0 Å². The fraction of sp³-hybridized carbons (Fsp3) is 0.391. The Morgan fingerprint density at radius 3 is 2.47 bits per heavy atom. The number of nitrogens with one attached hydrogen (secondary N) is 2. The summed E-state index contributed by atoms with van der Waals surface area (Å²) in [7, 11) is 0. The lowest BCUT2D eigenvalue weighted by atomic mass is 10.1. The molecule has 0 unspecified atom stereocenters. The summed E-state index contributed by atoms with van der Waals surface area (Å²) in [6.45, 7) is 6.53. The van der Waals surface area contributed by atoms with Crippen LogP contribution in [0.1, 0.15) is 21.3 Å². The summed E-state index contributed by atoms with van der Waals surface area (Å²) < 4.78 is 33.8. The molecule has 3 aromatic rings. The van der Waals surface area contributed by atoms with E-state index in [0.717, 1.165) is 55.9 Å². The molecule has 1 aromatic heterocycles. The van der Waals surface area contributed by atoms with Crippen molar-refractivity contribution in [2.24, 2.45) is 0 Å². The van der Waals surface area contributed by atoms with Gasteiger partial charge in [-0.3, -0.25) is 4.90 Å². The van der Waals surface area contributed by atoms with E-state index in [-0.39, 0.29) is 14.1 Å². The largest absolute Gasteiger partial charge is 0.383 e. The first-order valence-electron chi connectivity index (χ1n) is 10.8. The molecule has 1 aliphatic heterocycles. The molecule has 1 saturated heterocycles. The number of anilines is 3. The second-order valence-electron chi connectivity index (χ2n) is 8.53. The van der Waals surface area contributed by atoms with Crippen molar-refractivity contribution in [3.63, 3.8) is 0 Å². The quantitative estimate of drug-likeness (QED) is 0.564. The molecule has 0 radical (unpaired) electrons. The molecule has 5 rings (SSSR count). The average Bonchev–Trinajstić information content (AvgIpc) is 3.42. The highest BCUT2D eigenvalue weighted by Crippen LogP contribution is 2.42. The van der Waals surface area contributed by atoms with Crippen molar-refractivity contribution in [2.45, 2.75) is 25.3 Å². The molecule has 2 fully saturated rings. The van der Waals surface area contributed by atoms with Crippen molar-refractivity contribution in [3.8, 4) is 5.69 Å². The summed E-state index contributed by atoms with van der Waals surface area (Å²) in [5, 5.41) is 11.1. The Labute approximate surface area is 188 Å². The van der Waals surface area contributed by atoms with Crippen LogP contribution in [-0.4, -0.2) is 58.1 Å². The normalized spacial score (nSPS) is 17.8. The number of ether oxygens (including phenoxy) is 1. The third kappa shape index (κ3) is 4.58. The van der Waals surface area contributed by atoms with Gasteiger partial charge in [0.1, 0.15) is 18.0 Å². The zero-order valence-electron chi connectivity index (χ0n) is 17.9. The lowest BCUT2D eigenvalue weighted by Crippen LogP contribution is -2.48. The van der Waals surface area contributed by atoms with Gasteiger partial charge in [0, 0.05) is 45.5 Å². The van der Waals surface area contributed by atoms with Crippen LogP contribution in [-0.2, 0) is 4.74 Å². The Morgan fingerprint density at radius 1 is 1.03 bits per heavy atom. The van der Waals surface area contributed by atoms with Gasteiger partial charge in [0.2, 0.25) is 5.95 Å². The molecule has 9 heteroatoms. The van der Waals surface area contributed by atoms with E-state index in [9.17, 15) is 8.78 Å². The number of halogens is 2. The van der Waals surface area contributed by atoms with E-state index in [2.05, 4.69) is 31.7 Å². The van der Waals surface area contributed by atoms with Crippen LogP contribution in [0, 0.1) is 18.6 Å². The van der Waals surface area contributed by atoms with Crippen LogP contribution >= 0.6 is 0 Å². The molecule has 1 aliphatic carbocycles. The first-order valence-corrected chi connectivity index (χ1v) is 10.8. The fourth-order valence-corrected chi connectivity index (χ4v) is 4.26. The van der Waals surface area contributed by atoms with Gasteiger partial charge in [-0.25, -0.2) is 13.5 Å². The van der Waals surface area contributed by atoms with Crippen LogP contribution in [0.3, 0.4) is 0 Å². The minimum atomic E-state index is -0.662. The van der Waals surface area contributed by atoms with Crippen molar-refractivity contribution < 1.29 is 16.4 Å². The van der Waals surface area contributed by atoms with Crippen LogP contribution in [0.4, 0.5) is 26.1 Å². The number of rotatable bonds is 7. The Balaban J connectivity index is 0.00000162. The molecule has 0 atom stereocenters. The Bertz CT molecular complexity index is 1100. The molecule has 2 N–H and O–H groups in total. The van der Waals surface area contributed by atoms with E-state index in [1.54, 1.807) is 0 Å². The van der Waals surface area contributed by atoms with Gasteiger partial charge < -0.3 is 15.4 Å². The molecule has 32 heavy (non-hydrogen) atoms. The zero-order valence-corrected chi connectivity index (χ0v) is 17.9. The predicted octanol–water partition coefficient (Wildman–Crippen LogP) is 4.37. The summed E-state index contributed by atoms with van der Waals surface area (Å²) in [5.41, 5.74) is 3.47. The highest BCUT2D eigenvalue weighted by molar-refractivity contribution is 5.63. The number of aryl methyl sites for hydroxylation is 1. The zero-order chi connectivity index (χ0) is 22.1. The average molecular weight is 445 g/mol. The summed E-state index contributed by atoms with van der Waals surface area (Å²) >= 11 is 0. The van der Waals surface area contributed by atoms with Crippen molar-refractivity contribution in [1.82, 2.24) is 19.7 Å². The Kier molecular flexibility index (Phi) is 5.52. The molecular formula is C23H30F2N6O. The highest BCUT2D eigenvalue weighted by Gasteiger charge is 2.47. The van der Waals surface area contributed by atoms with Crippen LogP contribution < -0.4 is 10.6 Å². The monoisotopic (exact) mass is 444 g/mol. The van der Waals surface area contributed by atoms with Crippen LogP contribution in [0.15, 0.2) is 42.7 Å². The predicted molar refractivity (Wildman–Crippen MR) is 123 cm³/mol. The van der Waals surface area contributed by atoms with Gasteiger partial charge in [0.15, 0.2) is 0 Å². The standard InChI is InChI=1S/C23H26F2N6O.2H2/c1-16-8-19(26-14-23(2-3-23)30-4-6-32-7-5-30)13-20(9-16)28-22-27-15-31(29-22)21-11-17(24)10-18(25)12-21;;/h8-13,15,26H,2-7,14H2,1H3,(H,28,29);2*1H. The Morgan fingerprint density at radius 2 is 1.75 bits per heavy atom. The lowest BCUT2D eigenvalue weighted by molar-refractivity contribution is 0.0125. The number of aromatic nitrogens is 3. The topological polar surface area (TPSA) is 67.2 Å². The molecule has 0 bridgehead atoms. The Hall–Kier alpha value is -3.04. The highest BCUT2D eigenvalue weighted by atomic mass is 19.1. The molecule has 0 amide bonds. The fourth-order valence-electron chi connectivity index (χ4n) is 4.26. The van der Waals surface area contributed by atoms with E-state index >= 15 is 0 Å². The van der Waals surface area contributed by atoms with E-state index in [1.165, 1.54) is 36.0 Å². The van der Waals surface area contributed by atoms with Crippen LogP contribution in [0.2, 0.25) is 0 Å². The van der Waals surface area contributed by atoms with Crippen molar-refractivity contribution in [2.75, 3.05) is 43.5 Å². The smallest absolute Gasteiger partial charge is 0.246 e. The number of hydrogen-bond acceptors (Lipinski definition) is 6. The SMILES string of the molecule is Cc1cc(NCC2(N3CCOCC3)CC2)cc(Nc2ncn(-c3cc(F)cc(F)c3)n2)c1.[HH].[HH]. The molecule has 2 aliphatic rings. The van der Waals surface area contributed by atoms with Gasteiger partial charge >= 0.3 is 0 Å². The number of nitrogens with zero attached hydrogens (tertiary/aromatic N) is 4. The van der Waals surface area contributed by atoms with Gasteiger partial charge in [-0.1, -0.05) is 0 Å². The summed E-state index contributed by atoms with van der Waals surface area (Å²) in [4.78, 5) is 6.77. The molecule has 2 aromatic carbocycles. The van der Waals surface area contributed by atoms with Crippen molar-refractivity contribution >= 4 is 17.3 Å². The van der Waals surface area contributed by atoms with Crippen LogP contribution in [0.25, 0.3) is 5.69 Å². The van der Waals surface area contributed by atoms with E-state index in [0.29, 0.717) is 5.95 Å². The van der Waals surface area contributed by atoms with Gasteiger partial charge in [-0.05, 0) is 55.7 Å². The van der Waals surface area contributed by atoms with Gasteiger partial charge in [0.25, 0.3) is 0 Å². The molecule has 172 valence electrons. The van der Waals surface area contributed by atoms with E-state index in [4.69, 9.17) is 4.74 Å². The summed E-state index contributed by atoms with van der Waals surface area (Å²) in [5.74, 6) is -0.979. The molecule has 2 heterocycles. The second kappa shape index (κ2) is 8.48. The summed E-state index contributed by atoms with van der Waals surface area (Å²) in [6, 6.07) is 9.37. The second-order valence-corrected chi connectivity index (χ2v) is 8.53. The number of benzene rings is 2. The third-order valence-electron chi connectivity index (χ3n) is 6.07. The van der Waals surface area contributed by atoms with E-state index < -0.39 is 11.6 Å². The van der Waals surface area contributed by atoms with Crippen molar-refractivity contribution in [3.05, 3.63) is 59.9 Å². The maximum absolute atomic E-state index is 13.5. The molecule has 0 spiro atoms. The van der Waals surface area contributed by atoms with Gasteiger partial charge in [0.05, 0.1) is 18.9 Å². The lowest BCUT2D eigenvalue weighted by Gasteiger charge is -2.35. The minimum Gasteiger partial charge on any atom is -0.383 e. The first-order chi connectivity index (χ1) is 15.5. The minimum absolute atomic E-state index is 0. The molecular weight excluding hydrogens is 414 g/mol. The number of hydrogen-bond donors (Lipinski definition) is 2. The van der Waals surface area contributed by atoms with E-state index in [1.807, 2.05) is 19.1 Å². The maximum Gasteiger partial charge on any atom is 0.246 e. The van der Waals surface area contributed by atoms with Crippen LogP contribution in [0.5, 0.6) is 0 Å². The first kappa shape index (κ1) is 20.8.